The third-order valence-corrected chi connectivity index (χ3v) is 17.0. The number of benzene rings is 2. The number of nitrogen functional groups attached to an aromatic ring is 1. The summed E-state index contributed by atoms with van der Waals surface area (Å²) in [5.74, 6) is 2.68. The molecule has 5 N–H and O–H groups in total. The minimum atomic E-state index is -0.806. The molecule has 0 radical (unpaired) electrons. The number of piperazine rings is 1. The maximum Gasteiger partial charge on any atom is 0.243 e. The van der Waals surface area contributed by atoms with Crippen molar-refractivity contribution in [3.63, 3.8) is 0 Å². The van der Waals surface area contributed by atoms with Gasteiger partial charge in [-0.3, -0.25) is 19.2 Å². The van der Waals surface area contributed by atoms with Gasteiger partial charge in [0.1, 0.15) is 17.7 Å². The van der Waals surface area contributed by atoms with E-state index in [1.807, 2.05) is 86.4 Å². The number of piperidine rings is 2. The Morgan fingerprint density at radius 3 is 2.18 bits per heavy atom. The van der Waals surface area contributed by atoms with Crippen molar-refractivity contribution in [3.8, 4) is 27.4 Å². The number of fused-ring (bicyclic) bond motifs is 1. The number of hydrogen-bond acceptors (Lipinski definition) is 18. The lowest BCUT2D eigenvalue weighted by atomic mass is 9.91. The number of amides is 2. The number of likely N-dealkylation sites (tertiary alicyclic amines) is 1. The summed E-state index contributed by atoms with van der Waals surface area (Å²) in [5.41, 5.74) is 13.7. The van der Waals surface area contributed by atoms with Crippen molar-refractivity contribution in [2.75, 3.05) is 85.9 Å². The van der Waals surface area contributed by atoms with Crippen LogP contribution in [0, 0.1) is 18.8 Å². The number of carbonyl (C=O) groups excluding carboxylic acids is 2. The number of aliphatic hydroxyl groups is 1. The molecule has 4 aliphatic rings. The summed E-state index contributed by atoms with van der Waals surface area (Å²) in [6, 6.07) is 22.2. The monoisotopic (exact) mass is 1050 g/mol. The number of phenolic OH excluding ortho intramolecular Hbond substituents is 1. The summed E-state index contributed by atoms with van der Waals surface area (Å²) in [4.78, 5) is 44.6. The zero-order valence-corrected chi connectivity index (χ0v) is 44.4. The van der Waals surface area contributed by atoms with Crippen LogP contribution in [0.1, 0.15) is 87.9 Å². The highest BCUT2D eigenvalue weighted by Crippen LogP contribution is 2.37. The van der Waals surface area contributed by atoms with Gasteiger partial charge in [-0.25, -0.2) is 4.98 Å². The van der Waals surface area contributed by atoms with E-state index in [-0.39, 0.29) is 48.5 Å². The van der Waals surface area contributed by atoms with Gasteiger partial charge in [0.15, 0.2) is 34.5 Å². The number of aromatic hydroxyl groups is 1. The molecule has 0 bridgehead atoms. The van der Waals surface area contributed by atoms with Gasteiger partial charge < -0.3 is 45.4 Å². The Kier molecular flexibility index (Phi) is 14.6. The van der Waals surface area contributed by atoms with Crippen molar-refractivity contribution >= 4 is 57.5 Å². The molecule has 2 amide bonds. The van der Waals surface area contributed by atoms with Crippen LogP contribution in [0.2, 0.25) is 0 Å². The van der Waals surface area contributed by atoms with Gasteiger partial charge in [-0.15, -0.1) is 31.7 Å². The molecule has 5 aromatic heterocycles. The van der Waals surface area contributed by atoms with Crippen LogP contribution >= 0.6 is 11.3 Å². The minimum Gasteiger partial charge on any atom is -0.507 e. The van der Waals surface area contributed by atoms with Crippen molar-refractivity contribution in [2.24, 2.45) is 11.8 Å². The lowest BCUT2D eigenvalue weighted by Crippen LogP contribution is -2.49. The van der Waals surface area contributed by atoms with Crippen molar-refractivity contribution < 1.29 is 24.3 Å². The Hall–Kier alpha value is -7.23. The first-order chi connectivity index (χ1) is 36.8. The predicted octanol–water partition coefficient (Wildman–Crippen LogP) is 6.45. The summed E-state index contributed by atoms with van der Waals surface area (Å²) < 4.78 is 7.92. The van der Waals surface area contributed by atoms with Crippen LogP contribution in [0.5, 0.6) is 5.75 Å². The molecule has 0 saturated carbocycles. The van der Waals surface area contributed by atoms with E-state index >= 15 is 0 Å². The first kappa shape index (κ1) is 50.9. The van der Waals surface area contributed by atoms with Crippen LogP contribution in [0.25, 0.3) is 32.7 Å². The molecule has 4 fully saturated rings. The van der Waals surface area contributed by atoms with Gasteiger partial charge in [-0.05, 0) is 92.8 Å². The van der Waals surface area contributed by atoms with Gasteiger partial charge in [0.25, 0.3) is 0 Å². The number of nitrogens with zero attached hydrogens (tertiary/aromatic N) is 13. The van der Waals surface area contributed by atoms with Crippen molar-refractivity contribution in [2.45, 2.75) is 89.9 Å². The molecule has 0 spiro atoms. The lowest BCUT2D eigenvalue weighted by Gasteiger charge is -2.39. The summed E-state index contributed by atoms with van der Waals surface area (Å²) in [5, 5.41) is 51.6. The highest BCUT2D eigenvalue weighted by Gasteiger charge is 2.44. The number of para-hydroxylation sites is 1. The number of phenols is 1. The molecule has 1 unspecified atom stereocenters. The van der Waals surface area contributed by atoms with Crippen molar-refractivity contribution in [1.82, 2.24) is 55.4 Å². The first-order valence-corrected chi connectivity index (χ1v) is 27.6. The van der Waals surface area contributed by atoms with E-state index in [2.05, 4.69) is 67.6 Å². The highest BCUT2D eigenvalue weighted by molar-refractivity contribution is 7.13. The summed E-state index contributed by atoms with van der Waals surface area (Å²) in [6.07, 6.45) is 3.11. The van der Waals surface area contributed by atoms with E-state index < -0.39 is 18.1 Å². The fourth-order valence-corrected chi connectivity index (χ4v) is 12.4. The molecular weight excluding hydrogens is 983 g/mol. The molecule has 7 aromatic rings. The number of anilines is 4. The summed E-state index contributed by atoms with van der Waals surface area (Å²) in [7, 11) is 0. The van der Waals surface area contributed by atoms with E-state index in [9.17, 15) is 19.8 Å². The van der Waals surface area contributed by atoms with Crippen LogP contribution in [-0.4, -0.2) is 150 Å². The van der Waals surface area contributed by atoms with Crippen LogP contribution in [0.15, 0.2) is 82.8 Å². The van der Waals surface area contributed by atoms with Crippen molar-refractivity contribution in [3.05, 3.63) is 95.3 Å². The lowest BCUT2D eigenvalue weighted by molar-refractivity contribution is -0.141. The number of aromatic nitrogens is 8. The van der Waals surface area contributed by atoms with Crippen LogP contribution in [0.4, 0.5) is 23.3 Å². The number of β-amino-alcohol motifs (C(OH)–C–C–N with tert-alkyl or cyclic N) is 1. The maximum atomic E-state index is 14.4. The molecule has 76 heavy (non-hydrogen) atoms. The third kappa shape index (κ3) is 10.5. The van der Waals surface area contributed by atoms with Gasteiger partial charge in [0, 0.05) is 83.5 Å². The number of hydrogen-bond donors (Lipinski definition) is 4. The zero-order valence-electron chi connectivity index (χ0n) is 43.6. The van der Waals surface area contributed by atoms with E-state index in [1.54, 1.807) is 23.5 Å². The first-order valence-electron chi connectivity index (χ1n) is 26.7. The molecule has 21 heteroatoms. The molecule has 4 atom stereocenters. The molecule has 0 aliphatic carbocycles. The number of aliphatic hydroxyl groups excluding tert-OH is 1. The minimum absolute atomic E-state index is 0.0799. The normalized spacial score (nSPS) is 20.0. The van der Waals surface area contributed by atoms with Crippen LogP contribution in [-0.2, 0) is 9.59 Å². The highest BCUT2D eigenvalue weighted by atomic mass is 32.1. The number of nitrogens with one attached hydrogen (secondary N) is 1. The number of rotatable bonds is 14. The Balaban J connectivity index is 0.631. The van der Waals surface area contributed by atoms with Gasteiger partial charge >= 0.3 is 0 Å². The van der Waals surface area contributed by atoms with Gasteiger partial charge in [0.05, 0.1) is 45.5 Å². The van der Waals surface area contributed by atoms with Gasteiger partial charge in [-0.1, -0.05) is 55.4 Å². The van der Waals surface area contributed by atoms with Crippen LogP contribution in [0.3, 0.4) is 0 Å². The topological polar surface area (TPSA) is 237 Å². The molecule has 4 saturated heterocycles. The van der Waals surface area contributed by atoms with E-state index in [0.29, 0.717) is 34.3 Å². The second-order valence-corrected chi connectivity index (χ2v) is 22.2. The molecule has 9 heterocycles. The zero-order chi connectivity index (χ0) is 52.6. The van der Waals surface area contributed by atoms with Crippen LogP contribution < -0.4 is 25.8 Å². The fourth-order valence-electron chi connectivity index (χ4n) is 11.6. The number of thiazole rings is 1. The SMILES string of the molecule is Cc1ncsc1-c1ccc([C@H](C)NC(=O)[C@@H]2C[C@@H](O)CN2C(=O)C(c2cc(N3CCC(CN4CCN(c5ccc(N6CCC(n7nc(N)c8nnc(-c9ccccc9O)cc87)CC6)nn5)CC4)CC3)no2)C(C)C)cc1. The number of nitrogens with two attached hydrogens (primary N) is 1. The molecule has 4 aliphatic heterocycles. The van der Waals surface area contributed by atoms with E-state index in [4.69, 9.17) is 15.4 Å². The second-order valence-electron chi connectivity index (χ2n) is 21.3. The fraction of sp³-hybridized carbons (Fsp3) is 0.473. The average Bonchev–Trinajstić information content (AvgIpc) is 4.27. The second kappa shape index (κ2) is 21.8. The molecule has 20 nitrogen and oxygen atoms in total. The molecule has 398 valence electrons. The predicted molar refractivity (Wildman–Crippen MR) is 292 cm³/mol. The third-order valence-electron chi connectivity index (χ3n) is 16.0. The Labute approximate surface area is 445 Å². The Bertz CT molecular complexity index is 3140. The van der Waals surface area contributed by atoms with E-state index in [0.717, 1.165) is 129 Å². The van der Waals surface area contributed by atoms with Gasteiger partial charge in [-0.2, -0.15) is 5.10 Å². The van der Waals surface area contributed by atoms with E-state index in [1.165, 1.54) is 4.90 Å². The van der Waals surface area contributed by atoms with Gasteiger partial charge in [0.2, 0.25) is 11.8 Å². The smallest absolute Gasteiger partial charge is 0.243 e. The summed E-state index contributed by atoms with van der Waals surface area (Å²) >= 11 is 1.60. The largest absolute Gasteiger partial charge is 0.507 e. The Morgan fingerprint density at radius 1 is 0.829 bits per heavy atom. The average molecular weight is 1050 g/mol. The molecular formula is C55H67N15O5S. The molecule has 2 aromatic carbocycles. The molecule has 11 rings (SSSR count). The maximum absolute atomic E-state index is 14.4. The quantitative estimate of drug-likeness (QED) is 0.0916. The summed E-state index contributed by atoms with van der Waals surface area (Å²) in [6.45, 7) is 15.9. The number of aryl methyl sites for hydroxylation is 1. The number of carbonyl (C=O) groups is 2. The van der Waals surface area contributed by atoms with Crippen molar-refractivity contribution in [1.29, 1.82) is 0 Å². The Morgan fingerprint density at radius 2 is 1.51 bits per heavy atom. The standard InChI is InChI=1S/C55H67N15O5S/c1-33(2)50(55(74)69-31-40(71)27-44(69)54(73)58-34(3)37-9-11-38(12-10-37)52-35(4)57-32-76-52)46-29-49(64-75-46)67-19-15-36(16-20-67)30-65-23-25-68(26-24-65)48-14-13-47(60-61-48)66-21-17-39(18-22-66)70-43-28-42(41-7-5-6-8-45(41)72)59-62-51(43)53(56)63-70/h5-14,28-29,32-34,36,39-40,44,50,71-72H,15-27,30-31H2,1-4H3,(H2,56,63)(H,58,73)/t34-,40+,44-,50?/m0/s1.